The van der Waals surface area contributed by atoms with Gasteiger partial charge in [0.05, 0.1) is 6.54 Å². The molecule has 6 heteroatoms. The van der Waals surface area contributed by atoms with Crippen LogP contribution >= 0.6 is 0 Å². The van der Waals surface area contributed by atoms with Crippen LogP contribution in [0.2, 0.25) is 0 Å². The molecule has 0 radical (unpaired) electrons. The number of hydrogen-bond donors (Lipinski definition) is 2. The molecule has 1 unspecified atom stereocenters. The van der Waals surface area contributed by atoms with Gasteiger partial charge < -0.3 is 19.4 Å². The Balaban J connectivity index is 1.58. The maximum absolute atomic E-state index is 12.2. The zero-order chi connectivity index (χ0) is 18.5. The predicted octanol–water partition coefficient (Wildman–Crippen LogP) is 0.684. The minimum atomic E-state index is -0.264. The SMILES string of the molecule is CC(C)NC(=O)COc1coc(C[NH+]2CCc3ccccc3C2)cc1=O. The first-order chi connectivity index (χ1) is 12.5. The molecule has 26 heavy (non-hydrogen) atoms. The van der Waals surface area contributed by atoms with Gasteiger partial charge in [-0.05, 0) is 19.4 Å². The molecule has 0 aliphatic carbocycles. The summed E-state index contributed by atoms with van der Waals surface area (Å²) >= 11 is 0. The number of quaternary nitrogens is 1. The number of carbonyl (C=O) groups excluding carboxylic acids is 1. The van der Waals surface area contributed by atoms with E-state index in [9.17, 15) is 9.59 Å². The molecule has 2 aromatic rings. The fourth-order valence-corrected chi connectivity index (χ4v) is 3.18. The lowest BCUT2D eigenvalue weighted by Crippen LogP contribution is -3.10. The van der Waals surface area contributed by atoms with Crippen molar-refractivity contribution in [3.05, 3.63) is 63.7 Å². The molecule has 1 aromatic carbocycles. The number of benzene rings is 1. The van der Waals surface area contributed by atoms with Crippen LogP contribution in [0.3, 0.4) is 0 Å². The first-order valence-corrected chi connectivity index (χ1v) is 8.95. The Bertz CT molecular complexity index is 829. The van der Waals surface area contributed by atoms with Gasteiger partial charge in [-0.2, -0.15) is 0 Å². The predicted molar refractivity (Wildman–Crippen MR) is 97.1 cm³/mol. The maximum Gasteiger partial charge on any atom is 0.258 e. The van der Waals surface area contributed by atoms with Crippen molar-refractivity contribution in [3.8, 4) is 5.75 Å². The number of fused-ring (bicyclic) bond motifs is 1. The van der Waals surface area contributed by atoms with Crippen LogP contribution in [0.25, 0.3) is 0 Å². The second kappa shape index (κ2) is 8.19. The Morgan fingerprint density at radius 1 is 1.31 bits per heavy atom. The summed E-state index contributed by atoms with van der Waals surface area (Å²) in [7, 11) is 0. The van der Waals surface area contributed by atoms with Crippen molar-refractivity contribution >= 4 is 5.91 Å². The minimum Gasteiger partial charge on any atom is -0.477 e. The van der Waals surface area contributed by atoms with Crippen LogP contribution in [0.4, 0.5) is 0 Å². The number of amides is 1. The van der Waals surface area contributed by atoms with Gasteiger partial charge in [0, 0.05) is 24.1 Å². The Morgan fingerprint density at radius 2 is 2.08 bits per heavy atom. The summed E-state index contributed by atoms with van der Waals surface area (Å²) in [5.41, 5.74) is 2.49. The van der Waals surface area contributed by atoms with Crippen LogP contribution in [-0.2, 0) is 24.3 Å². The molecule has 0 saturated carbocycles. The minimum absolute atomic E-state index is 0.0301. The van der Waals surface area contributed by atoms with E-state index in [1.807, 2.05) is 13.8 Å². The highest BCUT2D eigenvalue weighted by molar-refractivity contribution is 5.77. The van der Waals surface area contributed by atoms with Gasteiger partial charge in [0.15, 0.2) is 12.4 Å². The Hall–Kier alpha value is -2.60. The number of ether oxygens (including phenoxy) is 1. The Labute approximate surface area is 152 Å². The van der Waals surface area contributed by atoms with Gasteiger partial charge in [0.25, 0.3) is 5.91 Å². The van der Waals surface area contributed by atoms with Crippen LogP contribution < -0.4 is 20.4 Å². The summed E-state index contributed by atoms with van der Waals surface area (Å²) in [6.07, 6.45) is 2.33. The third kappa shape index (κ3) is 4.73. The van der Waals surface area contributed by atoms with E-state index >= 15 is 0 Å². The van der Waals surface area contributed by atoms with Crippen LogP contribution in [0.5, 0.6) is 5.75 Å². The van der Waals surface area contributed by atoms with Crippen molar-refractivity contribution in [2.45, 2.75) is 39.4 Å². The molecular formula is C20H25N2O4+. The van der Waals surface area contributed by atoms with Crippen LogP contribution in [-0.4, -0.2) is 25.1 Å². The highest BCUT2D eigenvalue weighted by Crippen LogP contribution is 2.11. The average molecular weight is 357 g/mol. The molecule has 1 aromatic heterocycles. The highest BCUT2D eigenvalue weighted by atomic mass is 16.5. The van der Waals surface area contributed by atoms with E-state index in [4.69, 9.17) is 9.15 Å². The van der Waals surface area contributed by atoms with Gasteiger partial charge in [-0.1, -0.05) is 24.3 Å². The lowest BCUT2D eigenvalue weighted by atomic mass is 10.00. The van der Waals surface area contributed by atoms with Gasteiger partial charge >= 0.3 is 0 Å². The average Bonchev–Trinajstić information content (AvgIpc) is 2.60. The molecule has 0 fully saturated rings. The van der Waals surface area contributed by atoms with Crippen LogP contribution in [0.15, 0.2) is 45.8 Å². The number of hydrogen-bond acceptors (Lipinski definition) is 4. The first kappa shape index (κ1) is 18.2. The Kier molecular flexibility index (Phi) is 5.73. The molecule has 0 bridgehead atoms. The van der Waals surface area contributed by atoms with E-state index in [-0.39, 0.29) is 29.7 Å². The number of nitrogens with one attached hydrogen (secondary N) is 2. The topological polar surface area (TPSA) is 73.0 Å². The first-order valence-electron chi connectivity index (χ1n) is 8.95. The van der Waals surface area contributed by atoms with Gasteiger partial charge in [-0.25, -0.2) is 0 Å². The van der Waals surface area contributed by atoms with Crippen LogP contribution in [0, 0.1) is 0 Å². The molecule has 1 aliphatic rings. The molecule has 1 atom stereocenters. The van der Waals surface area contributed by atoms with Gasteiger partial charge in [0.2, 0.25) is 11.2 Å². The zero-order valence-corrected chi connectivity index (χ0v) is 15.2. The van der Waals surface area contributed by atoms with Gasteiger partial charge in [-0.3, -0.25) is 9.59 Å². The second-order valence-corrected chi connectivity index (χ2v) is 6.96. The molecule has 2 N–H and O–H groups in total. The molecule has 1 aliphatic heterocycles. The fourth-order valence-electron chi connectivity index (χ4n) is 3.18. The summed E-state index contributed by atoms with van der Waals surface area (Å²) in [6.45, 7) is 6.11. The fraction of sp³-hybridized carbons (Fsp3) is 0.400. The molecule has 0 spiro atoms. The smallest absolute Gasteiger partial charge is 0.258 e. The van der Waals surface area contributed by atoms with Crippen molar-refractivity contribution < 1.29 is 18.8 Å². The molecule has 138 valence electrons. The Morgan fingerprint density at radius 3 is 2.81 bits per heavy atom. The lowest BCUT2D eigenvalue weighted by Gasteiger charge is -2.25. The quantitative estimate of drug-likeness (QED) is 0.798. The van der Waals surface area contributed by atoms with E-state index in [0.717, 1.165) is 19.5 Å². The largest absolute Gasteiger partial charge is 0.477 e. The van der Waals surface area contributed by atoms with E-state index < -0.39 is 0 Å². The monoisotopic (exact) mass is 357 g/mol. The van der Waals surface area contributed by atoms with Gasteiger partial charge in [0.1, 0.15) is 19.4 Å². The molecule has 1 amide bonds. The summed E-state index contributed by atoms with van der Waals surface area (Å²) < 4.78 is 10.8. The molecule has 2 heterocycles. The van der Waals surface area contributed by atoms with E-state index in [2.05, 4.69) is 29.6 Å². The normalized spacial score (nSPS) is 16.2. The summed E-state index contributed by atoms with van der Waals surface area (Å²) in [4.78, 5) is 25.1. The van der Waals surface area contributed by atoms with Crippen molar-refractivity contribution in [1.29, 1.82) is 0 Å². The highest BCUT2D eigenvalue weighted by Gasteiger charge is 2.20. The van der Waals surface area contributed by atoms with E-state index in [0.29, 0.717) is 12.3 Å². The zero-order valence-electron chi connectivity index (χ0n) is 15.2. The van der Waals surface area contributed by atoms with Crippen molar-refractivity contribution in [1.82, 2.24) is 5.32 Å². The second-order valence-electron chi connectivity index (χ2n) is 6.96. The standard InChI is InChI=1S/C20H24N2O4/c1-14(2)21-20(24)13-26-19-12-25-17(9-18(19)23)11-22-8-7-15-5-3-4-6-16(15)10-22/h3-6,9,12,14H,7-8,10-11,13H2,1-2H3,(H,21,24)/p+1. The lowest BCUT2D eigenvalue weighted by molar-refractivity contribution is -0.930. The number of carbonyl (C=O) groups is 1. The summed E-state index contributed by atoms with van der Waals surface area (Å²) in [5.74, 6) is 0.426. The maximum atomic E-state index is 12.2. The van der Waals surface area contributed by atoms with Crippen molar-refractivity contribution in [2.75, 3.05) is 13.2 Å². The number of rotatable bonds is 6. The van der Waals surface area contributed by atoms with E-state index in [1.165, 1.54) is 28.4 Å². The van der Waals surface area contributed by atoms with Crippen molar-refractivity contribution in [2.24, 2.45) is 0 Å². The summed E-state index contributed by atoms with van der Waals surface area (Å²) in [6, 6.07) is 9.95. The van der Waals surface area contributed by atoms with Gasteiger partial charge in [-0.15, -0.1) is 0 Å². The molecular weight excluding hydrogens is 332 g/mol. The molecule has 0 saturated heterocycles. The third-order valence-corrected chi connectivity index (χ3v) is 4.39. The molecule has 3 rings (SSSR count). The third-order valence-electron chi connectivity index (χ3n) is 4.39. The van der Waals surface area contributed by atoms with E-state index in [1.54, 1.807) is 0 Å². The van der Waals surface area contributed by atoms with Crippen LogP contribution in [0.1, 0.15) is 30.7 Å². The summed E-state index contributed by atoms with van der Waals surface area (Å²) in [5, 5.41) is 2.71. The van der Waals surface area contributed by atoms with Crippen molar-refractivity contribution in [3.63, 3.8) is 0 Å². The molecule has 6 nitrogen and oxygen atoms in total.